The normalized spacial score (nSPS) is 23.2. The highest BCUT2D eigenvalue weighted by Gasteiger charge is 2.25. The van der Waals surface area contributed by atoms with Crippen LogP contribution in [0.25, 0.3) is 0 Å². The molecule has 1 aliphatic rings. The van der Waals surface area contributed by atoms with Crippen LogP contribution in [-0.2, 0) is 0 Å². The molecule has 18 heavy (non-hydrogen) atoms. The number of nitrogens with one attached hydrogen (secondary N) is 1. The lowest BCUT2D eigenvalue weighted by atomic mass is 10.2. The van der Waals surface area contributed by atoms with Gasteiger partial charge in [0.2, 0.25) is 0 Å². The maximum Gasteiger partial charge on any atom is 0.120 e. The van der Waals surface area contributed by atoms with E-state index in [9.17, 15) is 0 Å². The van der Waals surface area contributed by atoms with E-state index in [-0.39, 0.29) is 0 Å². The minimum absolute atomic E-state index is 0.672. The standard InChI is InChI=1S/C14H20BrNOS/c1-18-14-7-3-6-13(14)16-8-9-17-12-5-2-4-11(15)10-12/h2,4-5,10,13-14,16H,3,6-9H2,1H3. The molecule has 2 atom stereocenters. The Hall–Kier alpha value is -0.190. The molecule has 0 heterocycles. The van der Waals surface area contributed by atoms with E-state index in [2.05, 4.69) is 27.5 Å². The Kier molecular flexibility index (Phi) is 5.86. The van der Waals surface area contributed by atoms with Crippen molar-refractivity contribution >= 4 is 27.7 Å². The molecule has 1 aromatic carbocycles. The predicted molar refractivity (Wildman–Crippen MR) is 82.6 cm³/mol. The van der Waals surface area contributed by atoms with Gasteiger partial charge in [0.1, 0.15) is 12.4 Å². The summed E-state index contributed by atoms with van der Waals surface area (Å²) in [5.41, 5.74) is 0. The van der Waals surface area contributed by atoms with E-state index in [1.165, 1.54) is 19.3 Å². The lowest BCUT2D eigenvalue weighted by molar-refractivity contribution is 0.305. The van der Waals surface area contributed by atoms with Gasteiger partial charge in [-0.05, 0) is 37.3 Å². The van der Waals surface area contributed by atoms with Crippen LogP contribution in [0.4, 0.5) is 0 Å². The molecule has 4 heteroatoms. The number of thioether (sulfide) groups is 1. The second kappa shape index (κ2) is 7.41. The van der Waals surface area contributed by atoms with Crippen molar-refractivity contribution in [2.45, 2.75) is 30.6 Å². The van der Waals surface area contributed by atoms with Crippen LogP contribution in [0.3, 0.4) is 0 Å². The average molecular weight is 330 g/mol. The van der Waals surface area contributed by atoms with Gasteiger partial charge < -0.3 is 10.1 Å². The van der Waals surface area contributed by atoms with E-state index < -0.39 is 0 Å². The Balaban J connectivity index is 1.67. The Morgan fingerprint density at radius 1 is 1.44 bits per heavy atom. The smallest absolute Gasteiger partial charge is 0.120 e. The van der Waals surface area contributed by atoms with Crippen LogP contribution < -0.4 is 10.1 Å². The Bertz CT molecular complexity index is 375. The zero-order chi connectivity index (χ0) is 12.8. The fraction of sp³-hybridized carbons (Fsp3) is 0.571. The number of hydrogen-bond acceptors (Lipinski definition) is 3. The summed E-state index contributed by atoms with van der Waals surface area (Å²) in [4.78, 5) is 0. The third-order valence-electron chi connectivity index (χ3n) is 3.33. The largest absolute Gasteiger partial charge is 0.492 e. The first-order valence-electron chi connectivity index (χ1n) is 6.44. The number of rotatable bonds is 6. The van der Waals surface area contributed by atoms with Crippen molar-refractivity contribution in [1.82, 2.24) is 5.32 Å². The molecule has 2 unspecified atom stereocenters. The molecule has 0 aliphatic heterocycles. The summed E-state index contributed by atoms with van der Waals surface area (Å²) in [6.07, 6.45) is 6.23. The van der Waals surface area contributed by atoms with Crippen molar-refractivity contribution < 1.29 is 4.74 Å². The molecule has 1 aliphatic carbocycles. The predicted octanol–water partition coefficient (Wildman–Crippen LogP) is 3.70. The third kappa shape index (κ3) is 4.18. The fourth-order valence-electron chi connectivity index (χ4n) is 2.41. The molecule has 2 nitrogen and oxygen atoms in total. The van der Waals surface area contributed by atoms with Gasteiger partial charge in [-0.15, -0.1) is 0 Å². The Morgan fingerprint density at radius 3 is 3.11 bits per heavy atom. The van der Waals surface area contributed by atoms with Crippen molar-refractivity contribution in [3.05, 3.63) is 28.7 Å². The van der Waals surface area contributed by atoms with Crippen molar-refractivity contribution in [1.29, 1.82) is 0 Å². The molecule has 0 aromatic heterocycles. The SMILES string of the molecule is CSC1CCCC1NCCOc1cccc(Br)c1. The molecule has 0 spiro atoms. The van der Waals surface area contributed by atoms with Crippen LogP contribution in [0, 0.1) is 0 Å². The summed E-state index contributed by atoms with van der Waals surface area (Å²) in [6, 6.07) is 8.66. The van der Waals surface area contributed by atoms with E-state index in [0.29, 0.717) is 6.04 Å². The summed E-state index contributed by atoms with van der Waals surface area (Å²) in [7, 11) is 0. The zero-order valence-electron chi connectivity index (χ0n) is 10.7. The molecular weight excluding hydrogens is 310 g/mol. The summed E-state index contributed by atoms with van der Waals surface area (Å²) in [5, 5.41) is 4.40. The van der Waals surface area contributed by atoms with Gasteiger partial charge in [-0.1, -0.05) is 28.4 Å². The van der Waals surface area contributed by atoms with E-state index >= 15 is 0 Å². The second-order valence-electron chi connectivity index (χ2n) is 4.57. The van der Waals surface area contributed by atoms with Crippen LogP contribution in [0.1, 0.15) is 19.3 Å². The van der Waals surface area contributed by atoms with Gasteiger partial charge in [-0.2, -0.15) is 11.8 Å². The number of hydrogen-bond donors (Lipinski definition) is 1. The van der Waals surface area contributed by atoms with Crippen molar-refractivity contribution in [3.63, 3.8) is 0 Å². The lowest BCUT2D eigenvalue weighted by Crippen LogP contribution is -2.36. The van der Waals surface area contributed by atoms with Gasteiger partial charge in [0, 0.05) is 22.3 Å². The first-order chi connectivity index (χ1) is 8.79. The topological polar surface area (TPSA) is 21.3 Å². The molecule has 1 fully saturated rings. The second-order valence-corrected chi connectivity index (χ2v) is 6.56. The third-order valence-corrected chi connectivity index (χ3v) is 4.99. The van der Waals surface area contributed by atoms with Crippen LogP contribution in [-0.4, -0.2) is 30.7 Å². The van der Waals surface area contributed by atoms with Gasteiger partial charge in [-0.25, -0.2) is 0 Å². The molecule has 100 valence electrons. The molecule has 0 amide bonds. The van der Waals surface area contributed by atoms with E-state index in [0.717, 1.165) is 28.6 Å². The van der Waals surface area contributed by atoms with Crippen molar-refractivity contribution in [3.8, 4) is 5.75 Å². The molecule has 0 saturated heterocycles. The van der Waals surface area contributed by atoms with Gasteiger partial charge in [0.15, 0.2) is 0 Å². The van der Waals surface area contributed by atoms with Crippen LogP contribution >= 0.6 is 27.7 Å². The van der Waals surface area contributed by atoms with Crippen LogP contribution in [0.5, 0.6) is 5.75 Å². The minimum atomic E-state index is 0.672. The summed E-state index contributed by atoms with van der Waals surface area (Å²) >= 11 is 5.43. The van der Waals surface area contributed by atoms with Gasteiger partial charge in [0.25, 0.3) is 0 Å². The summed E-state index contributed by atoms with van der Waals surface area (Å²) < 4.78 is 6.78. The number of ether oxygens (including phenoxy) is 1. The number of benzene rings is 1. The lowest BCUT2D eigenvalue weighted by Gasteiger charge is -2.19. The van der Waals surface area contributed by atoms with Crippen molar-refractivity contribution in [2.24, 2.45) is 0 Å². The molecule has 1 N–H and O–H groups in total. The average Bonchev–Trinajstić information content (AvgIpc) is 2.82. The molecule has 1 saturated carbocycles. The number of halogens is 1. The monoisotopic (exact) mass is 329 g/mol. The van der Waals surface area contributed by atoms with Gasteiger partial charge >= 0.3 is 0 Å². The highest BCUT2D eigenvalue weighted by molar-refractivity contribution is 9.10. The quantitative estimate of drug-likeness (QED) is 0.804. The highest BCUT2D eigenvalue weighted by Crippen LogP contribution is 2.28. The van der Waals surface area contributed by atoms with Gasteiger partial charge in [0.05, 0.1) is 0 Å². The van der Waals surface area contributed by atoms with Crippen molar-refractivity contribution in [2.75, 3.05) is 19.4 Å². The molecule has 2 rings (SSSR count). The van der Waals surface area contributed by atoms with E-state index in [1.807, 2.05) is 36.0 Å². The Labute approximate surface area is 122 Å². The summed E-state index contributed by atoms with van der Waals surface area (Å²) in [5.74, 6) is 0.930. The molecule has 1 aromatic rings. The highest BCUT2D eigenvalue weighted by atomic mass is 79.9. The maximum atomic E-state index is 5.72. The van der Waals surface area contributed by atoms with E-state index in [1.54, 1.807) is 0 Å². The summed E-state index contributed by atoms with van der Waals surface area (Å²) in [6.45, 7) is 1.66. The van der Waals surface area contributed by atoms with E-state index in [4.69, 9.17) is 4.74 Å². The van der Waals surface area contributed by atoms with Crippen LogP contribution in [0.2, 0.25) is 0 Å². The molecule has 0 radical (unpaired) electrons. The zero-order valence-corrected chi connectivity index (χ0v) is 13.1. The van der Waals surface area contributed by atoms with Crippen LogP contribution in [0.15, 0.2) is 28.7 Å². The molecule has 0 bridgehead atoms. The van der Waals surface area contributed by atoms with Gasteiger partial charge in [-0.3, -0.25) is 0 Å². The Morgan fingerprint density at radius 2 is 2.33 bits per heavy atom. The molecular formula is C14H20BrNOS. The minimum Gasteiger partial charge on any atom is -0.492 e. The first-order valence-corrected chi connectivity index (χ1v) is 8.52. The maximum absolute atomic E-state index is 5.72. The first kappa shape index (κ1) is 14.2. The fourth-order valence-corrected chi connectivity index (χ4v) is 3.75.